The highest BCUT2D eigenvalue weighted by atomic mass is 35.5. The van der Waals surface area contributed by atoms with Crippen LogP contribution < -0.4 is 20.3 Å². The van der Waals surface area contributed by atoms with Crippen molar-refractivity contribution in [2.75, 3.05) is 35.0 Å². The number of nitrogens with one attached hydrogen (secondary N) is 3. The maximum Gasteiger partial charge on any atom is 0.251 e. The molecule has 5 rings (SSSR count). The summed E-state index contributed by atoms with van der Waals surface area (Å²) in [6.07, 6.45) is 3.80. The Morgan fingerprint density at radius 3 is 2.49 bits per heavy atom. The van der Waals surface area contributed by atoms with E-state index in [2.05, 4.69) is 22.0 Å². The van der Waals surface area contributed by atoms with Gasteiger partial charge in [-0.3, -0.25) is 9.10 Å². The van der Waals surface area contributed by atoms with Gasteiger partial charge in [-0.2, -0.15) is 0 Å². The van der Waals surface area contributed by atoms with Crippen molar-refractivity contribution in [3.8, 4) is 0 Å². The predicted molar refractivity (Wildman–Crippen MR) is 174 cm³/mol. The Bertz CT molecular complexity index is 1510. The minimum Gasteiger partial charge on any atom is -0.390 e. The van der Waals surface area contributed by atoms with Gasteiger partial charge >= 0.3 is 0 Å². The number of rotatable bonds is 13. The number of anilines is 2. The average molecular weight is 625 g/mol. The van der Waals surface area contributed by atoms with Crippen LogP contribution in [0.15, 0.2) is 72.8 Å². The van der Waals surface area contributed by atoms with E-state index < -0.39 is 22.2 Å². The molecular weight excluding hydrogens is 584 g/mol. The summed E-state index contributed by atoms with van der Waals surface area (Å²) in [5.74, 6) is -0.271. The summed E-state index contributed by atoms with van der Waals surface area (Å²) in [5.41, 5.74) is 3.53. The first kappa shape index (κ1) is 31.3. The molecule has 0 bridgehead atoms. The lowest BCUT2D eigenvalue weighted by Crippen LogP contribution is -2.51. The summed E-state index contributed by atoms with van der Waals surface area (Å²) in [6, 6.07) is 22.2. The maximum absolute atomic E-state index is 13.7. The van der Waals surface area contributed by atoms with Gasteiger partial charge in [-0.15, -0.1) is 0 Å². The first-order valence-corrected chi connectivity index (χ1v) is 17.1. The molecule has 8 nitrogen and oxygen atoms in total. The van der Waals surface area contributed by atoms with Gasteiger partial charge in [-0.25, -0.2) is 8.42 Å². The number of hydrogen-bond donors (Lipinski definition) is 4. The van der Waals surface area contributed by atoms with Gasteiger partial charge < -0.3 is 21.1 Å². The van der Waals surface area contributed by atoms with Gasteiger partial charge in [-0.05, 0) is 86.9 Å². The van der Waals surface area contributed by atoms with Gasteiger partial charge in [0.25, 0.3) is 5.91 Å². The van der Waals surface area contributed by atoms with Crippen LogP contribution in [0.25, 0.3) is 0 Å². The van der Waals surface area contributed by atoms with Crippen LogP contribution in [0, 0.1) is 0 Å². The average Bonchev–Trinajstić information content (AvgIpc) is 3.75. The second-order valence-electron chi connectivity index (χ2n) is 11.7. The fraction of sp³-hybridized carbons (Fsp3) is 0.424. The largest absolute Gasteiger partial charge is 0.390 e. The Kier molecular flexibility index (Phi) is 9.96. The van der Waals surface area contributed by atoms with Gasteiger partial charge in [0, 0.05) is 41.4 Å². The van der Waals surface area contributed by atoms with E-state index in [1.807, 2.05) is 55.5 Å². The standard InChI is InChI=1S/C33H41ClN4O4S/c1-2-35-28-19-26(20-29(21-28)38-15-6-7-16-43(38,41)42)32(40)37-30(18-24-9-4-3-5-10-24)31(39)23-36-33(13-14-33)22-25-11-8-12-27(34)17-25/h3-5,8-12,17,19-21,30-31,35-36,39H,2,6-7,13-16,18,22-23H2,1H3,(H,37,40)/t30-,31+/m0/s1. The number of sulfonamides is 1. The van der Waals surface area contributed by atoms with Crippen molar-refractivity contribution < 1.29 is 18.3 Å². The second kappa shape index (κ2) is 13.7. The molecule has 0 aromatic heterocycles. The van der Waals surface area contributed by atoms with Crippen molar-refractivity contribution in [2.24, 2.45) is 0 Å². The van der Waals surface area contributed by atoms with Crippen LogP contribution in [0.3, 0.4) is 0 Å². The number of benzene rings is 3. The van der Waals surface area contributed by atoms with Crippen molar-refractivity contribution >= 4 is 38.9 Å². The highest BCUT2D eigenvalue weighted by Gasteiger charge is 2.42. The monoisotopic (exact) mass is 624 g/mol. The molecule has 230 valence electrons. The molecule has 1 heterocycles. The third kappa shape index (κ3) is 8.29. The van der Waals surface area contributed by atoms with Gasteiger partial charge in [0.15, 0.2) is 0 Å². The molecule has 43 heavy (non-hydrogen) atoms. The number of aliphatic hydroxyl groups excluding tert-OH is 1. The topological polar surface area (TPSA) is 111 Å². The lowest BCUT2D eigenvalue weighted by Gasteiger charge is -2.29. The van der Waals surface area contributed by atoms with Gasteiger partial charge in [0.05, 0.1) is 23.6 Å². The van der Waals surface area contributed by atoms with E-state index >= 15 is 0 Å². The molecule has 3 aromatic carbocycles. The van der Waals surface area contributed by atoms with E-state index in [-0.39, 0.29) is 17.2 Å². The third-order valence-corrected chi connectivity index (χ3v) is 10.4. The number of β-amino-alcohol motifs (C(OH)–C–C–N with tert-alkyl or cyclic N) is 1. The molecule has 10 heteroatoms. The molecule has 2 aliphatic rings. The molecule has 2 fully saturated rings. The highest BCUT2D eigenvalue weighted by molar-refractivity contribution is 7.92. The fourth-order valence-corrected chi connectivity index (χ4v) is 7.58. The predicted octanol–water partition coefficient (Wildman–Crippen LogP) is 4.77. The summed E-state index contributed by atoms with van der Waals surface area (Å²) < 4.78 is 27.1. The molecule has 1 aliphatic carbocycles. The first-order chi connectivity index (χ1) is 20.7. The van der Waals surface area contributed by atoms with Gasteiger partial charge in [0.2, 0.25) is 10.0 Å². The SMILES string of the molecule is CCNc1cc(C(=O)N[C@@H](Cc2ccccc2)[C@H](O)CNC2(Cc3cccc(Cl)c3)CC2)cc(N2CCCCS2(=O)=O)c1. The van der Waals surface area contributed by atoms with E-state index in [9.17, 15) is 18.3 Å². The minimum absolute atomic E-state index is 0.0944. The van der Waals surface area contributed by atoms with Gasteiger partial charge in [0.1, 0.15) is 0 Å². The molecule has 0 spiro atoms. The zero-order valence-corrected chi connectivity index (χ0v) is 26.1. The summed E-state index contributed by atoms with van der Waals surface area (Å²) in [5, 5.41) is 22.0. The Morgan fingerprint density at radius 2 is 1.79 bits per heavy atom. The zero-order chi connectivity index (χ0) is 30.5. The molecule has 0 radical (unpaired) electrons. The zero-order valence-electron chi connectivity index (χ0n) is 24.6. The molecule has 1 aliphatic heterocycles. The molecular formula is C33H41ClN4O4S. The number of carbonyl (C=O) groups excluding carboxylic acids is 1. The lowest BCUT2D eigenvalue weighted by atomic mass is 9.99. The summed E-state index contributed by atoms with van der Waals surface area (Å²) in [7, 11) is -3.45. The summed E-state index contributed by atoms with van der Waals surface area (Å²) >= 11 is 6.20. The Labute approximate surface area is 259 Å². The van der Waals surface area contributed by atoms with Crippen LogP contribution in [0.4, 0.5) is 11.4 Å². The van der Waals surface area contributed by atoms with E-state index in [0.29, 0.717) is 54.4 Å². The number of aliphatic hydroxyl groups is 1. The van der Waals surface area contributed by atoms with Crippen LogP contribution in [-0.4, -0.2) is 62.5 Å². The summed E-state index contributed by atoms with van der Waals surface area (Å²) in [4.78, 5) is 13.7. The van der Waals surface area contributed by atoms with E-state index in [0.717, 1.165) is 36.8 Å². The Morgan fingerprint density at radius 1 is 1.02 bits per heavy atom. The van der Waals surface area contributed by atoms with Crippen LogP contribution >= 0.6 is 11.6 Å². The number of amides is 1. The molecule has 2 atom stereocenters. The maximum atomic E-state index is 13.7. The van der Waals surface area contributed by atoms with Crippen molar-refractivity contribution in [3.05, 3.63) is 94.5 Å². The lowest BCUT2D eigenvalue weighted by molar-refractivity contribution is 0.0822. The first-order valence-electron chi connectivity index (χ1n) is 15.1. The Hall–Kier alpha value is -3.11. The van der Waals surface area contributed by atoms with Crippen LogP contribution in [0.1, 0.15) is 54.1 Å². The van der Waals surface area contributed by atoms with Crippen molar-refractivity contribution in [3.63, 3.8) is 0 Å². The minimum atomic E-state index is -3.45. The van der Waals surface area contributed by atoms with Crippen LogP contribution in [0.2, 0.25) is 5.02 Å². The van der Waals surface area contributed by atoms with E-state index in [4.69, 9.17) is 11.6 Å². The van der Waals surface area contributed by atoms with E-state index in [1.54, 1.807) is 18.2 Å². The normalized spacial score (nSPS) is 18.4. The molecule has 0 unspecified atom stereocenters. The van der Waals surface area contributed by atoms with Gasteiger partial charge in [-0.1, -0.05) is 54.1 Å². The molecule has 3 aromatic rings. The molecule has 1 amide bonds. The highest BCUT2D eigenvalue weighted by Crippen LogP contribution is 2.39. The van der Waals surface area contributed by atoms with Crippen molar-refractivity contribution in [1.29, 1.82) is 0 Å². The molecule has 1 saturated heterocycles. The number of nitrogens with zero attached hydrogens (tertiary/aromatic N) is 1. The number of halogens is 1. The number of carbonyl (C=O) groups is 1. The Balaban J connectivity index is 1.34. The molecule has 1 saturated carbocycles. The number of hydrogen-bond acceptors (Lipinski definition) is 6. The van der Waals surface area contributed by atoms with Crippen molar-refractivity contribution in [1.82, 2.24) is 10.6 Å². The molecule has 4 N–H and O–H groups in total. The van der Waals surface area contributed by atoms with Crippen molar-refractivity contribution in [2.45, 2.75) is 63.1 Å². The van der Waals surface area contributed by atoms with Crippen LogP contribution in [0.5, 0.6) is 0 Å². The second-order valence-corrected chi connectivity index (χ2v) is 14.1. The summed E-state index contributed by atoms with van der Waals surface area (Å²) in [6.45, 7) is 3.27. The smallest absolute Gasteiger partial charge is 0.251 e. The fourth-order valence-electron chi connectivity index (χ4n) is 5.74. The quantitative estimate of drug-likeness (QED) is 0.218. The third-order valence-electron chi connectivity index (χ3n) is 8.25. The van der Waals surface area contributed by atoms with E-state index in [1.165, 1.54) is 4.31 Å². The van der Waals surface area contributed by atoms with Crippen LogP contribution in [-0.2, 0) is 22.9 Å².